The summed E-state index contributed by atoms with van der Waals surface area (Å²) < 4.78 is 4.88. The Morgan fingerprint density at radius 1 is 1.19 bits per heavy atom. The van der Waals surface area contributed by atoms with Gasteiger partial charge in [0.05, 0.1) is 0 Å². The van der Waals surface area contributed by atoms with E-state index in [1.165, 1.54) is 0 Å². The molecule has 0 fully saturated rings. The molecule has 0 heterocycles. The molecule has 0 spiro atoms. The highest BCUT2D eigenvalue weighted by Crippen LogP contribution is 2.15. The Balaban J connectivity index is 4.48. The van der Waals surface area contributed by atoms with Crippen LogP contribution in [0.1, 0.15) is 33.6 Å². The molecule has 0 aromatic heterocycles. The number of ether oxygens (including phenoxy) is 1. The van der Waals surface area contributed by atoms with E-state index in [0.29, 0.717) is 0 Å². The lowest BCUT2D eigenvalue weighted by atomic mass is 10.0. The Morgan fingerprint density at radius 2 is 1.69 bits per heavy atom. The Morgan fingerprint density at radius 3 is 2.00 bits per heavy atom. The van der Waals surface area contributed by atoms with Crippen LogP contribution >= 0.6 is 0 Å². The van der Waals surface area contributed by atoms with E-state index < -0.39 is 29.4 Å². The molecule has 0 saturated heterocycles. The molecule has 0 bridgehead atoms. The van der Waals surface area contributed by atoms with Crippen molar-refractivity contribution < 1.29 is 29.3 Å². The van der Waals surface area contributed by atoms with Crippen LogP contribution in [-0.4, -0.2) is 33.7 Å². The highest BCUT2D eigenvalue weighted by Gasteiger charge is 2.31. The minimum Gasteiger partial charge on any atom is -0.481 e. The van der Waals surface area contributed by atoms with Crippen molar-refractivity contribution in [3.8, 4) is 0 Å². The van der Waals surface area contributed by atoms with Crippen LogP contribution in [0.15, 0.2) is 0 Å². The summed E-state index contributed by atoms with van der Waals surface area (Å²) in [5.74, 6) is -4.83. The van der Waals surface area contributed by atoms with Crippen molar-refractivity contribution in [1.29, 1.82) is 0 Å². The van der Waals surface area contributed by atoms with Crippen molar-refractivity contribution in [3.63, 3.8) is 0 Å². The second-order valence-corrected chi connectivity index (χ2v) is 4.36. The highest BCUT2D eigenvalue weighted by molar-refractivity contribution is 5.94. The van der Waals surface area contributed by atoms with Gasteiger partial charge in [0, 0.05) is 6.42 Å². The van der Waals surface area contributed by atoms with Crippen LogP contribution in [0.4, 0.5) is 0 Å². The SMILES string of the molecule is CC(C)(C)OC(=O)C(CCC(=O)O)C(=O)O. The van der Waals surface area contributed by atoms with E-state index in [1.54, 1.807) is 20.8 Å². The maximum atomic E-state index is 11.4. The maximum Gasteiger partial charge on any atom is 0.320 e. The third-order valence-corrected chi connectivity index (χ3v) is 1.64. The fourth-order valence-electron chi connectivity index (χ4n) is 0.983. The number of carbonyl (C=O) groups is 3. The number of rotatable bonds is 5. The van der Waals surface area contributed by atoms with Gasteiger partial charge in [0.2, 0.25) is 0 Å². The molecule has 0 radical (unpaired) electrons. The summed E-state index contributed by atoms with van der Waals surface area (Å²) in [6.45, 7) is 4.84. The van der Waals surface area contributed by atoms with Gasteiger partial charge in [-0.25, -0.2) is 0 Å². The number of carboxylic acid groups (broad SMARTS) is 2. The van der Waals surface area contributed by atoms with Crippen molar-refractivity contribution in [3.05, 3.63) is 0 Å². The zero-order chi connectivity index (χ0) is 12.9. The summed E-state index contributed by atoms with van der Waals surface area (Å²) in [4.78, 5) is 32.5. The molecule has 16 heavy (non-hydrogen) atoms. The zero-order valence-electron chi connectivity index (χ0n) is 9.52. The van der Waals surface area contributed by atoms with Gasteiger partial charge < -0.3 is 14.9 Å². The molecule has 0 saturated carbocycles. The number of hydrogen-bond acceptors (Lipinski definition) is 4. The van der Waals surface area contributed by atoms with E-state index in [-0.39, 0.29) is 12.8 Å². The van der Waals surface area contributed by atoms with Crippen LogP contribution in [0.3, 0.4) is 0 Å². The normalized spacial score (nSPS) is 12.9. The Hall–Kier alpha value is -1.59. The minimum atomic E-state index is -1.42. The molecule has 2 N–H and O–H groups in total. The molecule has 0 aromatic carbocycles. The summed E-state index contributed by atoms with van der Waals surface area (Å²) in [5, 5.41) is 17.2. The maximum absolute atomic E-state index is 11.4. The van der Waals surface area contributed by atoms with Crippen LogP contribution < -0.4 is 0 Å². The summed E-state index contributed by atoms with van der Waals surface area (Å²) >= 11 is 0. The molecule has 1 atom stereocenters. The highest BCUT2D eigenvalue weighted by atomic mass is 16.6. The molecule has 92 valence electrons. The van der Waals surface area contributed by atoms with Crippen LogP contribution in [0.2, 0.25) is 0 Å². The lowest BCUT2D eigenvalue weighted by Crippen LogP contribution is -2.33. The van der Waals surface area contributed by atoms with E-state index in [1.807, 2.05) is 0 Å². The van der Waals surface area contributed by atoms with Crippen molar-refractivity contribution in [2.24, 2.45) is 5.92 Å². The number of hydrogen-bond donors (Lipinski definition) is 2. The van der Waals surface area contributed by atoms with Crippen molar-refractivity contribution in [1.82, 2.24) is 0 Å². The Kier molecular flexibility index (Phi) is 4.94. The largest absolute Gasteiger partial charge is 0.481 e. The van der Waals surface area contributed by atoms with E-state index in [0.717, 1.165) is 0 Å². The van der Waals surface area contributed by atoms with Crippen LogP contribution in [0.5, 0.6) is 0 Å². The summed E-state index contributed by atoms with van der Waals surface area (Å²) in [6, 6.07) is 0. The first kappa shape index (κ1) is 14.4. The average Bonchev–Trinajstić information content (AvgIpc) is 1.98. The molecule has 6 heteroatoms. The molecule has 1 unspecified atom stereocenters. The molecule has 0 aliphatic rings. The van der Waals surface area contributed by atoms with Gasteiger partial charge in [-0.15, -0.1) is 0 Å². The number of carbonyl (C=O) groups excluding carboxylic acids is 1. The van der Waals surface area contributed by atoms with Crippen LogP contribution in [-0.2, 0) is 19.1 Å². The topological polar surface area (TPSA) is 101 Å². The predicted octanol–water partition coefficient (Wildman–Crippen LogP) is 0.894. The zero-order valence-corrected chi connectivity index (χ0v) is 9.52. The first-order chi connectivity index (χ1) is 7.13. The third-order valence-electron chi connectivity index (χ3n) is 1.64. The smallest absolute Gasteiger partial charge is 0.320 e. The standard InChI is InChI=1S/C10H16O6/c1-10(2,3)16-9(15)6(8(13)14)4-5-7(11)12/h6H,4-5H2,1-3H3,(H,11,12)(H,13,14). The van der Waals surface area contributed by atoms with E-state index in [2.05, 4.69) is 0 Å². The van der Waals surface area contributed by atoms with Crippen LogP contribution in [0.25, 0.3) is 0 Å². The Labute approximate surface area is 93.2 Å². The Bertz CT molecular complexity index is 288. The van der Waals surface area contributed by atoms with Gasteiger partial charge >= 0.3 is 17.9 Å². The summed E-state index contributed by atoms with van der Waals surface area (Å²) in [7, 11) is 0. The molecular formula is C10H16O6. The first-order valence-electron chi connectivity index (χ1n) is 4.81. The van der Waals surface area contributed by atoms with Gasteiger partial charge in [-0.3, -0.25) is 14.4 Å². The van der Waals surface area contributed by atoms with Crippen molar-refractivity contribution >= 4 is 17.9 Å². The lowest BCUT2D eigenvalue weighted by Gasteiger charge is -2.21. The minimum absolute atomic E-state index is 0.264. The molecule has 0 rings (SSSR count). The molecule has 0 amide bonds. The first-order valence-corrected chi connectivity index (χ1v) is 4.81. The number of esters is 1. The second kappa shape index (κ2) is 5.48. The van der Waals surface area contributed by atoms with Gasteiger partial charge in [-0.1, -0.05) is 0 Å². The quantitative estimate of drug-likeness (QED) is 0.539. The van der Waals surface area contributed by atoms with Crippen LogP contribution in [0, 0.1) is 5.92 Å². The average molecular weight is 232 g/mol. The van der Waals surface area contributed by atoms with Gasteiger partial charge in [0.25, 0.3) is 0 Å². The van der Waals surface area contributed by atoms with Gasteiger partial charge in [0.1, 0.15) is 5.60 Å². The van der Waals surface area contributed by atoms with Gasteiger partial charge in [-0.2, -0.15) is 0 Å². The third kappa shape index (κ3) is 6.00. The molecular weight excluding hydrogens is 216 g/mol. The van der Waals surface area contributed by atoms with E-state index in [4.69, 9.17) is 14.9 Å². The number of carboxylic acids is 2. The van der Waals surface area contributed by atoms with E-state index >= 15 is 0 Å². The fourth-order valence-corrected chi connectivity index (χ4v) is 0.983. The number of aliphatic carboxylic acids is 2. The van der Waals surface area contributed by atoms with E-state index in [9.17, 15) is 14.4 Å². The second-order valence-electron chi connectivity index (χ2n) is 4.36. The monoisotopic (exact) mass is 232 g/mol. The van der Waals surface area contributed by atoms with Gasteiger partial charge in [-0.05, 0) is 27.2 Å². The van der Waals surface area contributed by atoms with Crippen molar-refractivity contribution in [2.45, 2.75) is 39.2 Å². The molecule has 0 aromatic rings. The predicted molar refractivity (Wildman–Crippen MR) is 53.8 cm³/mol. The molecule has 6 nitrogen and oxygen atoms in total. The van der Waals surface area contributed by atoms with Crippen molar-refractivity contribution in [2.75, 3.05) is 0 Å². The summed E-state index contributed by atoms with van der Waals surface area (Å²) in [6.07, 6.45) is -0.643. The van der Waals surface area contributed by atoms with Gasteiger partial charge in [0.15, 0.2) is 5.92 Å². The fraction of sp³-hybridized carbons (Fsp3) is 0.700. The lowest BCUT2D eigenvalue weighted by molar-refractivity contribution is -0.167. The molecule has 0 aliphatic heterocycles. The molecule has 0 aliphatic carbocycles. The summed E-state index contributed by atoms with van der Waals surface area (Å²) in [5.41, 5.74) is -0.784.